The zero-order chi connectivity index (χ0) is 18.0. The molecule has 0 amide bonds. The van der Waals surface area contributed by atoms with E-state index in [1.165, 1.54) is 5.56 Å². The van der Waals surface area contributed by atoms with Crippen molar-refractivity contribution in [2.75, 3.05) is 0 Å². The quantitative estimate of drug-likeness (QED) is 0.773. The summed E-state index contributed by atoms with van der Waals surface area (Å²) in [5.74, 6) is 1.49. The topological polar surface area (TPSA) is 47.3 Å². The van der Waals surface area contributed by atoms with E-state index in [9.17, 15) is 5.11 Å². The van der Waals surface area contributed by atoms with Crippen molar-refractivity contribution >= 4 is 0 Å². The number of nitrogens with zero attached hydrogens (tertiary/aromatic N) is 2. The van der Waals surface area contributed by atoms with Crippen molar-refractivity contribution in [2.24, 2.45) is 0 Å². The van der Waals surface area contributed by atoms with Crippen LogP contribution in [0.15, 0.2) is 18.7 Å². The molecule has 0 fully saturated rings. The molecule has 1 aromatic carbocycles. The van der Waals surface area contributed by atoms with Gasteiger partial charge in [-0.1, -0.05) is 6.42 Å². The molecular formula is C21H30N2O2. The van der Waals surface area contributed by atoms with Crippen molar-refractivity contribution in [2.45, 2.75) is 78.4 Å². The van der Waals surface area contributed by atoms with E-state index in [0.717, 1.165) is 67.5 Å². The van der Waals surface area contributed by atoms with E-state index in [2.05, 4.69) is 30.3 Å². The van der Waals surface area contributed by atoms with Crippen LogP contribution in [0.3, 0.4) is 0 Å². The summed E-state index contributed by atoms with van der Waals surface area (Å²) < 4.78 is 8.39. The third-order valence-corrected chi connectivity index (χ3v) is 5.42. The fraction of sp³-hybridized carbons (Fsp3) is 0.571. The van der Waals surface area contributed by atoms with Crippen LogP contribution < -0.4 is 4.74 Å². The molecule has 0 aliphatic carbocycles. The first-order chi connectivity index (χ1) is 11.9. The summed E-state index contributed by atoms with van der Waals surface area (Å²) in [7, 11) is 0. The zero-order valence-corrected chi connectivity index (χ0v) is 15.9. The number of ether oxygens (including phenoxy) is 1. The number of hydrogen-bond acceptors (Lipinski definition) is 3. The minimum Gasteiger partial charge on any atom is -0.507 e. The third-order valence-electron chi connectivity index (χ3n) is 5.42. The molecule has 2 heterocycles. The summed E-state index contributed by atoms with van der Waals surface area (Å²) in [6.07, 6.45) is 11.9. The normalized spacial score (nSPS) is 15.7. The van der Waals surface area contributed by atoms with Gasteiger partial charge in [0.25, 0.3) is 0 Å². The maximum Gasteiger partial charge on any atom is 0.127 e. The lowest BCUT2D eigenvalue weighted by molar-refractivity contribution is 0.0831. The fourth-order valence-corrected chi connectivity index (χ4v) is 3.77. The highest BCUT2D eigenvalue weighted by atomic mass is 16.5. The number of hydrogen-bond donors (Lipinski definition) is 1. The Morgan fingerprint density at radius 2 is 2.00 bits per heavy atom. The molecule has 1 aliphatic rings. The molecule has 0 atom stereocenters. The van der Waals surface area contributed by atoms with Gasteiger partial charge in [0, 0.05) is 30.1 Å². The van der Waals surface area contributed by atoms with E-state index in [4.69, 9.17) is 4.74 Å². The number of benzene rings is 1. The summed E-state index contributed by atoms with van der Waals surface area (Å²) in [6.45, 7) is 9.42. The van der Waals surface area contributed by atoms with Crippen LogP contribution in [0.1, 0.15) is 61.8 Å². The molecule has 0 saturated heterocycles. The number of aromatic nitrogens is 2. The highest BCUT2D eigenvalue weighted by Gasteiger charge is 2.31. The Morgan fingerprint density at radius 3 is 2.72 bits per heavy atom. The highest BCUT2D eigenvalue weighted by molar-refractivity contribution is 5.58. The van der Waals surface area contributed by atoms with E-state index in [-0.39, 0.29) is 5.60 Å². The number of aromatic hydroxyl groups is 1. The van der Waals surface area contributed by atoms with Gasteiger partial charge in [0.05, 0.1) is 6.33 Å². The van der Waals surface area contributed by atoms with Crippen molar-refractivity contribution in [3.63, 3.8) is 0 Å². The molecule has 1 aliphatic heterocycles. The Morgan fingerprint density at radius 1 is 1.20 bits per heavy atom. The molecule has 25 heavy (non-hydrogen) atoms. The van der Waals surface area contributed by atoms with Crippen molar-refractivity contribution in [3.05, 3.63) is 41.0 Å². The van der Waals surface area contributed by atoms with Gasteiger partial charge in [0.2, 0.25) is 0 Å². The summed E-state index contributed by atoms with van der Waals surface area (Å²) >= 11 is 0. The second kappa shape index (κ2) is 7.11. The Hall–Kier alpha value is -1.97. The molecule has 0 radical (unpaired) electrons. The monoisotopic (exact) mass is 342 g/mol. The van der Waals surface area contributed by atoms with Gasteiger partial charge in [-0.2, -0.15) is 0 Å². The lowest BCUT2D eigenvalue weighted by atomic mass is 9.86. The molecule has 2 aromatic rings. The van der Waals surface area contributed by atoms with Crippen LogP contribution in [-0.2, 0) is 19.4 Å². The summed E-state index contributed by atoms with van der Waals surface area (Å²) in [6, 6.07) is 0. The smallest absolute Gasteiger partial charge is 0.127 e. The van der Waals surface area contributed by atoms with Crippen LogP contribution in [0.5, 0.6) is 11.5 Å². The third kappa shape index (κ3) is 3.83. The highest BCUT2D eigenvalue weighted by Crippen LogP contribution is 2.43. The van der Waals surface area contributed by atoms with E-state index in [1.54, 1.807) is 0 Å². The number of unbranched alkanes of at least 4 members (excludes halogenated alkanes) is 2. The number of imidazole rings is 1. The maximum atomic E-state index is 10.7. The van der Waals surface area contributed by atoms with Crippen LogP contribution >= 0.6 is 0 Å². The number of rotatable bonds is 6. The Bertz CT molecular complexity index is 733. The maximum absolute atomic E-state index is 10.7. The van der Waals surface area contributed by atoms with E-state index in [1.807, 2.05) is 25.6 Å². The second-order valence-electron chi connectivity index (χ2n) is 7.86. The minimum atomic E-state index is -0.122. The summed E-state index contributed by atoms with van der Waals surface area (Å²) in [4.78, 5) is 4.07. The standard InChI is InChI=1S/C21H30N2O2/c1-15-18-9-10-21(3,4)25-20(18)16(2)17(19(15)24)8-6-5-7-12-23-13-11-22-14-23/h11,13-14,24H,5-10,12H2,1-4H3. The first-order valence-electron chi connectivity index (χ1n) is 9.37. The number of fused-ring (bicyclic) bond motifs is 1. The van der Waals surface area contributed by atoms with Crippen molar-refractivity contribution in [3.8, 4) is 11.5 Å². The fourth-order valence-electron chi connectivity index (χ4n) is 3.77. The molecule has 3 rings (SSSR count). The first-order valence-corrected chi connectivity index (χ1v) is 9.37. The molecule has 1 N–H and O–H groups in total. The van der Waals surface area contributed by atoms with E-state index < -0.39 is 0 Å². The van der Waals surface area contributed by atoms with E-state index >= 15 is 0 Å². The van der Waals surface area contributed by atoms with Gasteiger partial charge < -0.3 is 14.4 Å². The first kappa shape index (κ1) is 17.8. The Kier molecular flexibility index (Phi) is 5.07. The van der Waals surface area contributed by atoms with Gasteiger partial charge >= 0.3 is 0 Å². The number of phenols is 1. The molecule has 0 saturated carbocycles. The average molecular weight is 342 g/mol. The summed E-state index contributed by atoms with van der Waals surface area (Å²) in [5.41, 5.74) is 4.27. The number of phenolic OH excluding ortho intramolecular Hbond substituents is 1. The minimum absolute atomic E-state index is 0.122. The largest absolute Gasteiger partial charge is 0.507 e. The lowest BCUT2D eigenvalue weighted by Gasteiger charge is -2.35. The van der Waals surface area contributed by atoms with Gasteiger partial charge in [0.15, 0.2) is 0 Å². The number of aryl methyl sites for hydroxylation is 1. The van der Waals surface area contributed by atoms with Crippen LogP contribution in [0, 0.1) is 13.8 Å². The molecule has 1 aromatic heterocycles. The molecule has 0 spiro atoms. The van der Waals surface area contributed by atoms with Gasteiger partial charge in [0.1, 0.15) is 17.1 Å². The predicted octanol–water partition coefficient (Wildman–Crippen LogP) is 4.72. The Balaban J connectivity index is 1.68. The summed E-state index contributed by atoms with van der Waals surface area (Å²) in [5, 5.41) is 10.7. The average Bonchev–Trinajstić information content (AvgIpc) is 3.08. The van der Waals surface area contributed by atoms with Crippen LogP contribution in [0.25, 0.3) is 0 Å². The molecular weight excluding hydrogens is 312 g/mol. The van der Waals surface area contributed by atoms with Crippen LogP contribution in [-0.4, -0.2) is 20.3 Å². The van der Waals surface area contributed by atoms with Crippen molar-refractivity contribution < 1.29 is 9.84 Å². The van der Waals surface area contributed by atoms with Crippen LogP contribution in [0.2, 0.25) is 0 Å². The molecule has 0 bridgehead atoms. The van der Waals surface area contributed by atoms with Gasteiger partial charge in [-0.15, -0.1) is 0 Å². The molecule has 0 unspecified atom stereocenters. The van der Waals surface area contributed by atoms with Crippen molar-refractivity contribution in [1.82, 2.24) is 9.55 Å². The molecule has 4 heteroatoms. The SMILES string of the molecule is Cc1c(O)c(CCCCCn2ccnc2)c(C)c2c1CCC(C)(C)O2. The lowest BCUT2D eigenvalue weighted by Crippen LogP contribution is -2.33. The van der Waals surface area contributed by atoms with Gasteiger partial charge in [-0.05, 0) is 70.9 Å². The van der Waals surface area contributed by atoms with Gasteiger partial charge in [-0.3, -0.25) is 0 Å². The predicted molar refractivity (Wildman–Crippen MR) is 100 cm³/mol. The molecule has 4 nitrogen and oxygen atoms in total. The van der Waals surface area contributed by atoms with Crippen LogP contribution in [0.4, 0.5) is 0 Å². The second-order valence-corrected chi connectivity index (χ2v) is 7.86. The Labute approximate surface area is 150 Å². The zero-order valence-electron chi connectivity index (χ0n) is 15.9. The molecule has 136 valence electrons. The van der Waals surface area contributed by atoms with E-state index in [0.29, 0.717) is 5.75 Å². The van der Waals surface area contributed by atoms with Crippen molar-refractivity contribution in [1.29, 1.82) is 0 Å². The van der Waals surface area contributed by atoms with Gasteiger partial charge in [-0.25, -0.2) is 4.98 Å².